The minimum atomic E-state index is -2.77. The molecule has 1 aromatic heterocycles. The van der Waals surface area contributed by atoms with Gasteiger partial charge in [-0.15, -0.1) is 0 Å². The van der Waals surface area contributed by atoms with Crippen molar-refractivity contribution >= 4 is 15.9 Å². The Labute approximate surface area is 80.5 Å². The topological polar surface area (TPSA) is 33.1 Å². The van der Waals surface area contributed by atoms with Crippen molar-refractivity contribution in [3.05, 3.63) is 23.3 Å². The van der Waals surface area contributed by atoms with E-state index in [0.29, 0.717) is 0 Å². The number of pyridine rings is 1. The lowest BCUT2D eigenvalue weighted by atomic mass is 10.1. The molecule has 0 aromatic carbocycles. The molecular weight excluding hydrogens is 251 g/mol. The van der Waals surface area contributed by atoms with E-state index in [9.17, 15) is 13.2 Å². The highest BCUT2D eigenvalue weighted by Crippen LogP contribution is 2.31. The molecule has 1 heterocycles. The minimum absolute atomic E-state index is 0.0437. The van der Waals surface area contributed by atoms with E-state index >= 15 is 0 Å². The largest absolute Gasteiger partial charge is 0.503 e. The first kappa shape index (κ1) is 10.3. The molecule has 13 heavy (non-hydrogen) atoms. The van der Waals surface area contributed by atoms with Gasteiger partial charge in [-0.05, 0) is 0 Å². The molecule has 0 saturated heterocycles. The predicted octanol–water partition coefficient (Wildman–Crippen LogP) is 2.76. The lowest BCUT2D eigenvalue weighted by Gasteiger charge is -2.07. The monoisotopic (exact) mass is 255 g/mol. The normalized spacial score (nSPS) is 10.8. The third-order valence-electron chi connectivity index (χ3n) is 1.52. The smallest absolute Gasteiger partial charge is 0.265 e. The fourth-order valence-corrected chi connectivity index (χ4v) is 1.44. The molecule has 0 unspecified atom stereocenters. The van der Waals surface area contributed by atoms with Gasteiger partial charge in [-0.25, -0.2) is 13.8 Å². The fourth-order valence-electron chi connectivity index (χ4n) is 0.855. The number of hydrogen-bond acceptors (Lipinski definition) is 2. The average Bonchev–Trinajstić information content (AvgIpc) is 2.09. The molecule has 0 bridgehead atoms. The van der Waals surface area contributed by atoms with Crippen molar-refractivity contribution in [2.75, 3.05) is 0 Å². The Kier molecular flexibility index (Phi) is 3.13. The molecule has 0 radical (unpaired) electrons. The molecule has 0 amide bonds. The summed E-state index contributed by atoms with van der Waals surface area (Å²) in [7, 11) is 0. The Morgan fingerprint density at radius 2 is 2.15 bits per heavy atom. The lowest BCUT2D eigenvalue weighted by molar-refractivity contribution is 0.149. The summed E-state index contributed by atoms with van der Waals surface area (Å²) in [6.45, 7) is 0. The first-order chi connectivity index (χ1) is 6.07. The molecule has 6 heteroatoms. The Morgan fingerprint density at radius 1 is 1.54 bits per heavy atom. The summed E-state index contributed by atoms with van der Waals surface area (Å²) in [5.41, 5.74) is -0.627. The van der Waals surface area contributed by atoms with Gasteiger partial charge in [-0.1, -0.05) is 15.9 Å². The van der Waals surface area contributed by atoms with Crippen LogP contribution in [0.1, 0.15) is 17.6 Å². The van der Waals surface area contributed by atoms with Gasteiger partial charge in [-0.2, -0.15) is 4.39 Å². The van der Waals surface area contributed by atoms with Crippen LogP contribution in [0.2, 0.25) is 0 Å². The third-order valence-corrected chi connectivity index (χ3v) is 2.08. The van der Waals surface area contributed by atoms with Gasteiger partial charge >= 0.3 is 0 Å². The van der Waals surface area contributed by atoms with Crippen molar-refractivity contribution in [1.29, 1.82) is 0 Å². The van der Waals surface area contributed by atoms with E-state index in [1.54, 1.807) is 0 Å². The van der Waals surface area contributed by atoms with Crippen molar-refractivity contribution in [2.45, 2.75) is 11.8 Å². The number of aromatic hydroxyl groups is 1. The van der Waals surface area contributed by atoms with Gasteiger partial charge in [0, 0.05) is 22.7 Å². The van der Waals surface area contributed by atoms with Gasteiger partial charge in [0.2, 0.25) is 0 Å². The van der Waals surface area contributed by atoms with E-state index in [-0.39, 0.29) is 10.9 Å². The highest BCUT2D eigenvalue weighted by atomic mass is 79.9. The number of aromatic nitrogens is 1. The molecular formula is C7H5BrF3NO. The van der Waals surface area contributed by atoms with Crippen LogP contribution in [-0.2, 0) is 5.33 Å². The number of hydrogen-bond donors (Lipinski definition) is 1. The molecule has 72 valence electrons. The quantitative estimate of drug-likeness (QED) is 0.651. The molecule has 0 aliphatic carbocycles. The lowest BCUT2D eigenvalue weighted by Crippen LogP contribution is -1.97. The molecule has 1 N–H and O–H groups in total. The zero-order valence-electron chi connectivity index (χ0n) is 6.27. The summed E-state index contributed by atoms with van der Waals surface area (Å²) < 4.78 is 37.0. The zero-order chi connectivity index (χ0) is 10.0. The van der Waals surface area contributed by atoms with Crippen LogP contribution in [0.4, 0.5) is 13.2 Å². The first-order valence-corrected chi connectivity index (χ1v) is 4.40. The van der Waals surface area contributed by atoms with Crippen LogP contribution in [0.5, 0.6) is 5.75 Å². The molecule has 0 saturated carbocycles. The van der Waals surface area contributed by atoms with Crippen LogP contribution in [0.25, 0.3) is 0 Å². The number of alkyl halides is 3. The highest BCUT2D eigenvalue weighted by molar-refractivity contribution is 9.08. The molecule has 0 aliphatic heterocycles. The SMILES string of the molecule is Oc1c(F)ncc(C(F)F)c1CBr. The van der Waals surface area contributed by atoms with Gasteiger partial charge in [-0.3, -0.25) is 0 Å². The molecule has 0 atom stereocenters. The number of rotatable bonds is 2. The number of halogens is 4. The molecule has 0 spiro atoms. The maximum Gasteiger partial charge on any atom is 0.265 e. The van der Waals surface area contributed by atoms with Crippen LogP contribution in [0, 0.1) is 5.95 Å². The second kappa shape index (κ2) is 3.95. The van der Waals surface area contributed by atoms with Crippen LogP contribution < -0.4 is 0 Å². The van der Waals surface area contributed by atoms with E-state index < -0.39 is 23.7 Å². The van der Waals surface area contributed by atoms with Crippen molar-refractivity contribution < 1.29 is 18.3 Å². The second-order valence-corrected chi connectivity index (χ2v) is 2.83. The summed E-state index contributed by atoms with van der Waals surface area (Å²) in [6, 6.07) is 0. The molecule has 2 nitrogen and oxygen atoms in total. The summed E-state index contributed by atoms with van der Waals surface area (Å²) in [6.07, 6.45) is -2.05. The minimum Gasteiger partial charge on any atom is -0.503 e. The zero-order valence-corrected chi connectivity index (χ0v) is 7.85. The van der Waals surface area contributed by atoms with Crippen LogP contribution in [0.3, 0.4) is 0 Å². The van der Waals surface area contributed by atoms with Crippen LogP contribution in [0.15, 0.2) is 6.20 Å². The number of nitrogens with zero attached hydrogens (tertiary/aromatic N) is 1. The summed E-state index contributed by atoms with van der Waals surface area (Å²) in [5, 5.41) is 8.98. The van der Waals surface area contributed by atoms with Crippen molar-refractivity contribution in [2.24, 2.45) is 0 Å². The van der Waals surface area contributed by atoms with Crippen molar-refractivity contribution in [3.8, 4) is 5.75 Å². The Morgan fingerprint density at radius 3 is 2.62 bits per heavy atom. The standard InChI is InChI=1S/C7H5BrF3NO/c8-1-3-4(6(9)10)2-12-7(11)5(3)13/h2,6,13H,1H2. The van der Waals surface area contributed by atoms with E-state index in [4.69, 9.17) is 5.11 Å². The van der Waals surface area contributed by atoms with Gasteiger partial charge in [0.25, 0.3) is 12.4 Å². The molecule has 1 rings (SSSR count). The van der Waals surface area contributed by atoms with Crippen molar-refractivity contribution in [1.82, 2.24) is 4.98 Å². The maximum absolute atomic E-state index is 12.6. The molecule has 0 fully saturated rings. The predicted molar refractivity (Wildman–Crippen MR) is 43.4 cm³/mol. The van der Waals surface area contributed by atoms with Crippen LogP contribution >= 0.6 is 15.9 Å². The van der Waals surface area contributed by atoms with Gasteiger partial charge in [0.15, 0.2) is 5.75 Å². The van der Waals surface area contributed by atoms with E-state index in [1.165, 1.54) is 0 Å². The molecule has 0 aliphatic rings. The summed E-state index contributed by atoms with van der Waals surface area (Å²) >= 11 is 2.87. The Bertz CT molecular complexity index is 319. The fraction of sp³-hybridized carbons (Fsp3) is 0.286. The van der Waals surface area contributed by atoms with E-state index in [0.717, 1.165) is 6.20 Å². The molecule has 1 aromatic rings. The summed E-state index contributed by atoms with van der Waals surface area (Å²) in [5.74, 6) is -1.96. The maximum atomic E-state index is 12.6. The van der Waals surface area contributed by atoms with Gasteiger partial charge in [0.1, 0.15) is 0 Å². The second-order valence-electron chi connectivity index (χ2n) is 2.27. The third kappa shape index (κ3) is 1.93. The highest BCUT2D eigenvalue weighted by Gasteiger charge is 2.18. The van der Waals surface area contributed by atoms with Crippen molar-refractivity contribution in [3.63, 3.8) is 0 Å². The Hall–Kier alpha value is -0.780. The van der Waals surface area contributed by atoms with E-state index in [1.807, 2.05) is 0 Å². The Balaban J connectivity index is 3.30. The average molecular weight is 256 g/mol. The van der Waals surface area contributed by atoms with Crippen LogP contribution in [-0.4, -0.2) is 10.1 Å². The van der Waals surface area contributed by atoms with Gasteiger partial charge in [0.05, 0.1) is 0 Å². The summed E-state index contributed by atoms with van der Waals surface area (Å²) in [4.78, 5) is 2.99. The van der Waals surface area contributed by atoms with E-state index in [2.05, 4.69) is 20.9 Å². The first-order valence-electron chi connectivity index (χ1n) is 3.28. The van der Waals surface area contributed by atoms with Gasteiger partial charge < -0.3 is 5.11 Å².